The molecule has 1 aromatic rings. The zero-order valence-corrected chi connectivity index (χ0v) is 11.6. The largest absolute Gasteiger partial charge is 0.489 e. The van der Waals surface area contributed by atoms with Gasteiger partial charge in [-0.05, 0) is 37.5 Å². The van der Waals surface area contributed by atoms with Crippen LogP contribution in [0, 0.1) is 5.92 Å². The van der Waals surface area contributed by atoms with E-state index < -0.39 is 0 Å². The number of amidine groups is 1. The quantitative estimate of drug-likeness (QED) is 0.373. The van der Waals surface area contributed by atoms with Gasteiger partial charge in [-0.3, -0.25) is 0 Å². The van der Waals surface area contributed by atoms with E-state index in [0.717, 1.165) is 6.42 Å². The van der Waals surface area contributed by atoms with Crippen LogP contribution in [0.1, 0.15) is 32.8 Å². The first kappa shape index (κ1) is 14.6. The minimum atomic E-state index is 0.0266. The van der Waals surface area contributed by atoms with Crippen LogP contribution < -0.4 is 10.5 Å². The monoisotopic (exact) mass is 270 g/mol. The summed E-state index contributed by atoms with van der Waals surface area (Å²) in [6.45, 7) is 6.29. The van der Waals surface area contributed by atoms with Crippen LogP contribution in [0.4, 0.5) is 0 Å². The van der Waals surface area contributed by atoms with Crippen molar-refractivity contribution in [2.75, 3.05) is 0 Å². The molecule has 0 saturated heterocycles. The third-order valence-corrected chi connectivity index (χ3v) is 2.76. The van der Waals surface area contributed by atoms with E-state index in [9.17, 15) is 0 Å². The van der Waals surface area contributed by atoms with Crippen molar-refractivity contribution in [1.82, 2.24) is 0 Å². The second kappa shape index (κ2) is 6.50. The molecule has 0 radical (unpaired) electrons. The lowest BCUT2D eigenvalue weighted by Crippen LogP contribution is -2.16. The van der Waals surface area contributed by atoms with Crippen molar-refractivity contribution in [2.24, 2.45) is 16.8 Å². The van der Waals surface area contributed by atoms with E-state index in [1.54, 1.807) is 18.2 Å². The Morgan fingerprint density at radius 3 is 2.61 bits per heavy atom. The minimum absolute atomic E-state index is 0.0266. The number of nitrogens with two attached hydrogens (primary N) is 1. The smallest absolute Gasteiger partial charge is 0.170 e. The van der Waals surface area contributed by atoms with Crippen molar-refractivity contribution < 1.29 is 9.94 Å². The zero-order chi connectivity index (χ0) is 13.7. The Labute approximate surface area is 112 Å². The second-order valence-electron chi connectivity index (χ2n) is 4.69. The fourth-order valence-electron chi connectivity index (χ4n) is 1.74. The average molecular weight is 271 g/mol. The predicted octanol–water partition coefficient (Wildman–Crippen LogP) is 3.25. The highest BCUT2D eigenvalue weighted by Gasteiger charge is 2.11. The Balaban J connectivity index is 2.80. The first-order chi connectivity index (χ1) is 8.43. The molecule has 0 fully saturated rings. The van der Waals surface area contributed by atoms with Gasteiger partial charge in [-0.15, -0.1) is 0 Å². The summed E-state index contributed by atoms with van der Waals surface area (Å²) in [5, 5.41) is 12.0. The van der Waals surface area contributed by atoms with Crippen molar-refractivity contribution in [1.29, 1.82) is 0 Å². The Morgan fingerprint density at radius 2 is 2.11 bits per heavy atom. The molecular formula is C13H19ClN2O2. The lowest BCUT2D eigenvalue weighted by atomic mass is 10.1. The summed E-state index contributed by atoms with van der Waals surface area (Å²) in [4.78, 5) is 0. The maximum atomic E-state index is 8.58. The van der Waals surface area contributed by atoms with Gasteiger partial charge in [0.2, 0.25) is 0 Å². The van der Waals surface area contributed by atoms with Crippen LogP contribution in [-0.2, 0) is 0 Å². The molecule has 1 rings (SSSR count). The van der Waals surface area contributed by atoms with Crippen molar-refractivity contribution in [3.63, 3.8) is 0 Å². The van der Waals surface area contributed by atoms with E-state index in [4.69, 9.17) is 27.3 Å². The number of halogens is 1. The maximum Gasteiger partial charge on any atom is 0.170 e. The lowest BCUT2D eigenvalue weighted by Gasteiger charge is -2.17. The molecule has 0 aromatic heterocycles. The highest BCUT2D eigenvalue weighted by molar-refractivity contribution is 6.32. The summed E-state index contributed by atoms with van der Waals surface area (Å²) in [5.74, 6) is 1.20. The van der Waals surface area contributed by atoms with Crippen molar-refractivity contribution >= 4 is 17.4 Å². The van der Waals surface area contributed by atoms with Crippen LogP contribution in [0.2, 0.25) is 5.02 Å². The van der Waals surface area contributed by atoms with Gasteiger partial charge >= 0.3 is 0 Å². The molecule has 5 heteroatoms. The molecule has 0 bridgehead atoms. The van der Waals surface area contributed by atoms with E-state index in [-0.39, 0.29) is 11.9 Å². The number of oxime groups is 1. The van der Waals surface area contributed by atoms with Gasteiger partial charge in [0.1, 0.15) is 5.75 Å². The van der Waals surface area contributed by atoms with Gasteiger partial charge < -0.3 is 15.7 Å². The Morgan fingerprint density at radius 1 is 1.44 bits per heavy atom. The first-order valence-electron chi connectivity index (χ1n) is 5.88. The Bertz CT molecular complexity index is 433. The van der Waals surface area contributed by atoms with E-state index in [1.807, 2.05) is 6.92 Å². The molecule has 3 N–H and O–H groups in total. The standard InChI is InChI=1S/C13H19ClN2O2/c1-8(2)6-9(3)18-12-5-4-10(7-11(12)14)13(15)16-17/h4-5,7-9,17H,6H2,1-3H3,(H2,15,16). The van der Waals surface area contributed by atoms with E-state index in [1.165, 1.54) is 0 Å². The minimum Gasteiger partial charge on any atom is -0.489 e. The number of ether oxygens (including phenoxy) is 1. The third kappa shape index (κ3) is 4.11. The van der Waals surface area contributed by atoms with Gasteiger partial charge in [-0.2, -0.15) is 0 Å². The van der Waals surface area contributed by atoms with Crippen LogP contribution in [0.15, 0.2) is 23.4 Å². The third-order valence-electron chi connectivity index (χ3n) is 2.47. The number of nitrogens with zero attached hydrogens (tertiary/aromatic N) is 1. The zero-order valence-electron chi connectivity index (χ0n) is 10.9. The number of hydrogen-bond acceptors (Lipinski definition) is 3. The summed E-state index contributed by atoms with van der Waals surface area (Å²) in [6.07, 6.45) is 1.05. The van der Waals surface area contributed by atoms with E-state index in [0.29, 0.717) is 22.3 Å². The SMILES string of the molecule is CC(C)CC(C)Oc1ccc(C(N)=NO)cc1Cl. The van der Waals surface area contributed by atoms with Crippen molar-refractivity contribution in [3.8, 4) is 5.75 Å². The normalized spacial score (nSPS) is 13.7. The van der Waals surface area contributed by atoms with Crippen LogP contribution in [0.5, 0.6) is 5.75 Å². The van der Waals surface area contributed by atoms with Crippen LogP contribution in [0.3, 0.4) is 0 Å². The van der Waals surface area contributed by atoms with Crippen molar-refractivity contribution in [2.45, 2.75) is 33.3 Å². The molecule has 0 heterocycles. The van der Waals surface area contributed by atoms with Gasteiger partial charge in [0.25, 0.3) is 0 Å². The van der Waals surface area contributed by atoms with E-state index in [2.05, 4.69) is 19.0 Å². The van der Waals surface area contributed by atoms with Crippen molar-refractivity contribution in [3.05, 3.63) is 28.8 Å². The number of hydrogen-bond donors (Lipinski definition) is 2. The summed E-state index contributed by atoms with van der Waals surface area (Å²) in [6, 6.07) is 5.05. The molecule has 0 amide bonds. The lowest BCUT2D eigenvalue weighted by molar-refractivity contribution is 0.193. The number of benzene rings is 1. The average Bonchev–Trinajstić information content (AvgIpc) is 2.29. The van der Waals surface area contributed by atoms with Crippen LogP contribution in [-0.4, -0.2) is 17.1 Å². The molecule has 0 saturated carbocycles. The summed E-state index contributed by atoms with van der Waals surface area (Å²) in [5.41, 5.74) is 6.04. The fraction of sp³-hybridized carbons (Fsp3) is 0.462. The van der Waals surface area contributed by atoms with Gasteiger partial charge in [0.15, 0.2) is 5.84 Å². The molecule has 18 heavy (non-hydrogen) atoms. The topological polar surface area (TPSA) is 67.8 Å². The molecule has 0 aliphatic carbocycles. The second-order valence-corrected chi connectivity index (χ2v) is 5.10. The Kier molecular flexibility index (Phi) is 5.28. The molecule has 1 atom stereocenters. The molecule has 100 valence electrons. The molecule has 1 unspecified atom stereocenters. The molecule has 4 nitrogen and oxygen atoms in total. The molecule has 1 aromatic carbocycles. The molecule has 0 spiro atoms. The van der Waals surface area contributed by atoms with E-state index >= 15 is 0 Å². The molecule has 0 aliphatic heterocycles. The highest BCUT2D eigenvalue weighted by Crippen LogP contribution is 2.27. The van der Waals surface area contributed by atoms with Gasteiger partial charge in [0.05, 0.1) is 11.1 Å². The van der Waals surface area contributed by atoms with Gasteiger partial charge in [-0.1, -0.05) is 30.6 Å². The van der Waals surface area contributed by atoms with Crippen LogP contribution >= 0.6 is 11.6 Å². The van der Waals surface area contributed by atoms with Crippen LogP contribution in [0.25, 0.3) is 0 Å². The van der Waals surface area contributed by atoms with Gasteiger partial charge in [-0.25, -0.2) is 0 Å². The van der Waals surface area contributed by atoms with Gasteiger partial charge in [0, 0.05) is 5.56 Å². The fourth-order valence-corrected chi connectivity index (χ4v) is 1.97. The Hall–Kier alpha value is -1.42. The summed E-state index contributed by atoms with van der Waals surface area (Å²) >= 11 is 6.09. The molecule has 0 aliphatic rings. The number of rotatable bonds is 5. The highest BCUT2D eigenvalue weighted by atomic mass is 35.5. The predicted molar refractivity (Wildman–Crippen MR) is 73.5 cm³/mol. The summed E-state index contributed by atoms with van der Waals surface area (Å²) in [7, 11) is 0. The maximum absolute atomic E-state index is 8.58. The first-order valence-corrected chi connectivity index (χ1v) is 6.26. The summed E-state index contributed by atoms with van der Waals surface area (Å²) < 4.78 is 5.75. The molecular weight excluding hydrogens is 252 g/mol.